The molecule has 0 saturated carbocycles. The van der Waals surface area contributed by atoms with Gasteiger partial charge in [0.2, 0.25) is 0 Å². The Morgan fingerprint density at radius 2 is 1.67 bits per heavy atom. The molecule has 30 heavy (non-hydrogen) atoms. The number of nitrogens with zero attached hydrogens (tertiary/aromatic N) is 2. The van der Waals surface area contributed by atoms with Crippen molar-refractivity contribution in [3.8, 4) is 11.5 Å². The van der Waals surface area contributed by atoms with Crippen molar-refractivity contribution in [2.24, 2.45) is 0 Å². The average Bonchev–Trinajstić information content (AvgIpc) is 2.82. The predicted octanol–water partition coefficient (Wildman–Crippen LogP) is 3.61. The van der Waals surface area contributed by atoms with Crippen molar-refractivity contribution in [2.45, 2.75) is 32.2 Å². The maximum Gasteiger partial charge on any atom is 0.254 e. The summed E-state index contributed by atoms with van der Waals surface area (Å²) in [6.07, 6.45) is 2.46. The second kappa shape index (κ2) is 9.20. The molecule has 1 fully saturated rings. The van der Waals surface area contributed by atoms with Gasteiger partial charge in [-0.15, -0.1) is 0 Å². The number of amides is 2. The molecule has 2 aromatic carbocycles. The highest BCUT2D eigenvalue weighted by Crippen LogP contribution is 2.31. The first-order chi connectivity index (χ1) is 14.7. The van der Waals surface area contributed by atoms with Gasteiger partial charge in [0.05, 0.1) is 0 Å². The Kier molecular flexibility index (Phi) is 6.21. The molecule has 0 radical (unpaired) electrons. The third kappa shape index (κ3) is 4.27. The van der Waals surface area contributed by atoms with E-state index in [1.54, 1.807) is 6.07 Å². The van der Waals surface area contributed by atoms with E-state index in [1.165, 1.54) is 0 Å². The zero-order valence-corrected chi connectivity index (χ0v) is 17.4. The summed E-state index contributed by atoms with van der Waals surface area (Å²) in [5.41, 5.74) is 1.34. The Morgan fingerprint density at radius 3 is 2.37 bits per heavy atom. The van der Waals surface area contributed by atoms with Crippen molar-refractivity contribution >= 4 is 11.8 Å². The van der Waals surface area contributed by atoms with Crippen molar-refractivity contribution in [2.75, 3.05) is 32.8 Å². The average molecular weight is 408 g/mol. The van der Waals surface area contributed by atoms with Crippen LogP contribution in [0.3, 0.4) is 0 Å². The fourth-order valence-electron chi connectivity index (χ4n) is 4.18. The first-order valence-corrected chi connectivity index (χ1v) is 10.7. The molecule has 2 heterocycles. The van der Waals surface area contributed by atoms with Crippen LogP contribution in [0.25, 0.3) is 0 Å². The lowest BCUT2D eigenvalue weighted by Crippen LogP contribution is -2.49. The van der Waals surface area contributed by atoms with Crippen LogP contribution < -0.4 is 9.47 Å². The van der Waals surface area contributed by atoms with Crippen LogP contribution in [0.2, 0.25) is 0 Å². The van der Waals surface area contributed by atoms with Gasteiger partial charge in [-0.2, -0.15) is 0 Å². The Balaban J connectivity index is 1.43. The van der Waals surface area contributed by atoms with E-state index in [0.29, 0.717) is 55.5 Å². The number of rotatable bonds is 5. The lowest BCUT2D eigenvalue weighted by molar-refractivity contribution is 0.0518. The monoisotopic (exact) mass is 408 g/mol. The molecule has 0 N–H and O–H groups in total. The zero-order chi connectivity index (χ0) is 20.9. The van der Waals surface area contributed by atoms with Crippen molar-refractivity contribution < 1.29 is 19.1 Å². The van der Waals surface area contributed by atoms with Crippen LogP contribution in [0.5, 0.6) is 11.5 Å². The maximum atomic E-state index is 13.3. The van der Waals surface area contributed by atoms with E-state index in [2.05, 4.69) is 6.92 Å². The summed E-state index contributed by atoms with van der Waals surface area (Å²) >= 11 is 0. The summed E-state index contributed by atoms with van der Waals surface area (Å²) in [5, 5.41) is 0. The summed E-state index contributed by atoms with van der Waals surface area (Å²) in [4.78, 5) is 29.9. The number of hydrogen-bond donors (Lipinski definition) is 0. The van der Waals surface area contributed by atoms with Gasteiger partial charge in [0.25, 0.3) is 11.8 Å². The minimum absolute atomic E-state index is 0.0154. The molecule has 4 rings (SSSR count). The van der Waals surface area contributed by atoms with Crippen LogP contribution in [0.4, 0.5) is 0 Å². The highest BCUT2D eigenvalue weighted by molar-refractivity contribution is 5.95. The van der Waals surface area contributed by atoms with E-state index in [-0.39, 0.29) is 17.9 Å². The van der Waals surface area contributed by atoms with E-state index < -0.39 is 0 Å². The van der Waals surface area contributed by atoms with E-state index in [4.69, 9.17) is 9.47 Å². The molecule has 0 aromatic heterocycles. The van der Waals surface area contributed by atoms with Gasteiger partial charge >= 0.3 is 0 Å². The van der Waals surface area contributed by atoms with E-state index >= 15 is 0 Å². The van der Waals surface area contributed by atoms with Gasteiger partial charge in [-0.05, 0) is 49.6 Å². The van der Waals surface area contributed by atoms with Crippen molar-refractivity contribution in [1.29, 1.82) is 0 Å². The molecule has 6 heteroatoms. The third-order valence-electron chi connectivity index (χ3n) is 5.73. The minimum atomic E-state index is 0.0154. The summed E-state index contributed by atoms with van der Waals surface area (Å²) < 4.78 is 11.2. The lowest BCUT2D eigenvalue weighted by Gasteiger charge is -2.38. The number of hydrogen-bond acceptors (Lipinski definition) is 4. The lowest BCUT2D eigenvalue weighted by atomic mass is 10.0. The van der Waals surface area contributed by atoms with E-state index in [1.807, 2.05) is 52.3 Å². The summed E-state index contributed by atoms with van der Waals surface area (Å²) in [7, 11) is 0. The van der Waals surface area contributed by atoms with Gasteiger partial charge in [0.15, 0.2) is 11.5 Å². The number of carbonyl (C=O) groups is 2. The van der Waals surface area contributed by atoms with Crippen molar-refractivity contribution in [1.82, 2.24) is 9.80 Å². The number of ether oxygens (including phenoxy) is 2. The number of benzene rings is 2. The fraction of sp³-hybridized carbons (Fsp3) is 0.417. The molecule has 0 unspecified atom stereocenters. The molecule has 2 aliphatic heterocycles. The summed E-state index contributed by atoms with van der Waals surface area (Å²) in [6.45, 7) is 5.13. The molecule has 158 valence electrons. The van der Waals surface area contributed by atoms with Gasteiger partial charge in [-0.1, -0.05) is 25.1 Å². The molecule has 0 spiro atoms. The quantitative estimate of drug-likeness (QED) is 0.758. The molecule has 0 aliphatic carbocycles. The van der Waals surface area contributed by atoms with Gasteiger partial charge in [0.1, 0.15) is 13.2 Å². The summed E-state index contributed by atoms with van der Waals surface area (Å²) in [5.74, 6) is 1.40. The van der Waals surface area contributed by atoms with Crippen molar-refractivity contribution in [3.05, 3.63) is 59.7 Å². The van der Waals surface area contributed by atoms with Crippen LogP contribution >= 0.6 is 0 Å². The number of carbonyl (C=O) groups excluding carboxylic acids is 2. The predicted molar refractivity (Wildman–Crippen MR) is 114 cm³/mol. The Morgan fingerprint density at radius 1 is 0.967 bits per heavy atom. The largest absolute Gasteiger partial charge is 0.486 e. The fourth-order valence-corrected chi connectivity index (χ4v) is 4.18. The second-order valence-electron chi connectivity index (χ2n) is 7.75. The SMILES string of the molecule is CCCN(C(=O)c1ccc2c(c1)OCCO2)C1CCN(C(=O)c2ccccc2)CC1. The van der Waals surface area contributed by atoms with Crippen molar-refractivity contribution in [3.63, 3.8) is 0 Å². The maximum absolute atomic E-state index is 13.3. The van der Waals surface area contributed by atoms with Crippen LogP contribution in [-0.2, 0) is 0 Å². The van der Waals surface area contributed by atoms with Gasteiger partial charge in [-0.3, -0.25) is 9.59 Å². The zero-order valence-electron chi connectivity index (χ0n) is 17.4. The molecule has 2 amide bonds. The van der Waals surface area contributed by atoms with E-state index in [0.717, 1.165) is 19.3 Å². The van der Waals surface area contributed by atoms with Crippen LogP contribution in [0.15, 0.2) is 48.5 Å². The molecule has 2 aliphatic rings. The Bertz CT molecular complexity index is 891. The minimum Gasteiger partial charge on any atom is -0.486 e. The highest BCUT2D eigenvalue weighted by Gasteiger charge is 2.30. The molecule has 0 atom stereocenters. The Hall–Kier alpha value is -3.02. The molecular formula is C24H28N2O4. The van der Waals surface area contributed by atoms with E-state index in [9.17, 15) is 9.59 Å². The Labute approximate surface area is 177 Å². The standard InChI is InChI=1S/C24H28N2O4/c1-2-12-26(24(28)19-8-9-21-22(17-19)30-16-15-29-21)20-10-13-25(14-11-20)23(27)18-6-4-3-5-7-18/h3-9,17,20H,2,10-16H2,1H3. The van der Waals surface area contributed by atoms with Crippen LogP contribution in [0, 0.1) is 0 Å². The normalized spacial score (nSPS) is 16.2. The second-order valence-corrected chi connectivity index (χ2v) is 7.75. The number of piperidine rings is 1. The first kappa shape index (κ1) is 20.3. The molecular weight excluding hydrogens is 380 g/mol. The van der Waals surface area contributed by atoms with Gasteiger partial charge < -0.3 is 19.3 Å². The third-order valence-corrected chi connectivity index (χ3v) is 5.73. The number of likely N-dealkylation sites (tertiary alicyclic amines) is 1. The summed E-state index contributed by atoms with van der Waals surface area (Å²) in [6, 6.07) is 14.9. The van der Waals surface area contributed by atoms with Crippen LogP contribution in [0.1, 0.15) is 46.9 Å². The molecule has 0 bridgehead atoms. The molecule has 2 aromatic rings. The topological polar surface area (TPSA) is 59.1 Å². The van der Waals surface area contributed by atoms with Gasteiger partial charge in [-0.25, -0.2) is 0 Å². The smallest absolute Gasteiger partial charge is 0.254 e. The molecule has 1 saturated heterocycles. The van der Waals surface area contributed by atoms with Gasteiger partial charge in [0, 0.05) is 36.8 Å². The van der Waals surface area contributed by atoms with Crippen LogP contribution in [-0.4, -0.2) is 60.5 Å². The highest BCUT2D eigenvalue weighted by atomic mass is 16.6. The molecule has 6 nitrogen and oxygen atoms in total. The first-order valence-electron chi connectivity index (χ1n) is 10.7. The number of fused-ring (bicyclic) bond motifs is 1.